The Morgan fingerprint density at radius 2 is 1.91 bits per heavy atom. The number of ketones is 1. The third-order valence-corrected chi connectivity index (χ3v) is 3.36. The Balaban J connectivity index is 2.48. The van der Waals surface area contributed by atoms with Gasteiger partial charge in [0.15, 0.2) is 11.5 Å². The molecule has 6 nitrogen and oxygen atoms in total. The number of nitrogen functional groups attached to an aromatic ring is 1. The topological polar surface area (TPSA) is 99.9 Å². The van der Waals surface area contributed by atoms with Gasteiger partial charge in [0, 0.05) is 42.5 Å². The van der Waals surface area contributed by atoms with Crippen molar-refractivity contribution in [2.24, 2.45) is 0 Å². The van der Waals surface area contributed by atoms with Crippen LogP contribution in [0.1, 0.15) is 17.5 Å². The Bertz CT molecular complexity index is 645. The lowest BCUT2D eigenvalue weighted by Gasteiger charge is -2.25. The van der Waals surface area contributed by atoms with E-state index in [2.05, 4.69) is 0 Å². The van der Waals surface area contributed by atoms with Crippen LogP contribution in [0.2, 0.25) is 0 Å². The fourth-order valence-corrected chi connectivity index (χ4v) is 2.32. The molecule has 0 unspecified atom stereocenters. The van der Waals surface area contributed by atoms with Crippen LogP contribution >= 0.6 is 0 Å². The number of benzene rings is 1. The van der Waals surface area contributed by atoms with Crippen molar-refractivity contribution in [3.8, 4) is 11.1 Å². The number of Topliss-reactive ketones (excluding diaryl/α,β-unsaturated/α-hetero) is 1. The zero-order valence-electron chi connectivity index (χ0n) is 12.5. The van der Waals surface area contributed by atoms with E-state index in [1.54, 1.807) is 18.2 Å². The first-order valence-electron chi connectivity index (χ1n) is 7.03. The molecule has 1 aromatic carbocycles. The molecule has 0 saturated heterocycles. The van der Waals surface area contributed by atoms with Gasteiger partial charge in [-0.25, -0.2) is 0 Å². The zero-order chi connectivity index (χ0) is 16.1. The lowest BCUT2D eigenvalue weighted by molar-refractivity contribution is 0.0987. The van der Waals surface area contributed by atoms with Gasteiger partial charge in [0.1, 0.15) is 0 Å². The number of rotatable bonds is 7. The minimum atomic E-state index is -0.153. The highest BCUT2D eigenvalue weighted by molar-refractivity contribution is 5.93. The summed E-state index contributed by atoms with van der Waals surface area (Å²) in [6, 6.07) is 7.03. The number of aliphatic hydroxyl groups is 2. The van der Waals surface area contributed by atoms with Crippen molar-refractivity contribution in [3.63, 3.8) is 0 Å². The summed E-state index contributed by atoms with van der Waals surface area (Å²) < 4.78 is 5.27. The SMILES string of the molecule is CC(=O)c1cc(-c2cc(N)ccc2N(CCO)CCO)co1. The van der Waals surface area contributed by atoms with E-state index in [4.69, 9.17) is 10.2 Å². The number of aliphatic hydroxyl groups excluding tert-OH is 2. The van der Waals surface area contributed by atoms with Crippen LogP contribution in [-0.4, -0.2) is 42.3 Å². The molecule has 22 heavy (non-hydrogen) atoms. The van der Waals surface area contributed by atoms with Crippen LogP contribution in [0.25, 0.3) is 11.1 Å². The zero-order valence-corrected chi connectivity index (χ0v) is 12.5. The maximum absolute atomic E-state index is 11.4. The predicted octanol–water partition coefficient (Wildman–Crippen LogP) is 1.52. The van der Waals surface area contributed by atoms with E-state index in [1.807, 2.05) is 11.0 Å². The molecule has 0 aliphatic rings. The highest BCUT2D eigenvalue weighted by Crippen LogP contribution is 2.34. The molecule has 1 heterocycles. The molecule has 0 aliphatic heterocycles. The molecule has 0 radical (unpaired) electrons. The van der Waals surface area contributed by atoms with Gasteiger partial charge in [0.05, 0.1) is 19.5 Å². The van der Waals surface area contributed by atoms with Gasteiger partial charge in [-0.2, -0.15) is 0 Å². The average Bonchev–Trinajstić information content (AvgIpc) is 2.97. The molecule has 0 saturated carbocycles. The first-order valence-corrected chi connectivity index (χ1v) is 7.03. The Morgan fingerprint density at radius 1 is 1.23 bits per heavy atom. The number of hydrogen-bond donors (Lipinski definition) is 3. The summed E-state index contributed by atoms with van der Waals surface area (Å²) in [5, 5.41) is 18.4. The van der Waals surface area contributed by atoms with Crippen LogP contribution in [-0.2, 0) is 0 Å². The van der Waals surface area contributed by atoms with Crippen molar-refractivity contribution in [2.75, 3.05) is 36.9 Å². The minimum absolute atomic E-state index is 0.0338. The molecule has 0 amide bonds. The molecular weight excluding hydrogens is 284 g/mol. The second-order valence-corrected chi connectivity index (χ2v) is 4.97. The number of nitrogens with zero attached hydrogens (tertiary/aromatic N) is 1. The quantitative estimate of drug-likeness (QED) is 0.530. The van der Waals surface area contributed by atoms with Crippen molar-refractivity contribution in [1.29, 1.82) is 0 Å². The van der Waals surface area contributed by atoms with Gasteiger partial charge in [-0.1, -0.05) is 0 Å². The van der Waals surface area contributed by atoms with Gasteiger partial charge in [0.25, 0.3) is 0 Å². The largest absolute Gasteiger partial charge is 0.461 e. The van der Waals surface area contributed by atoms with E-state index in [0.29, 0.717) is 18.8 Å². The fraction of sp³-hybridized carbons (Fsp3) is 0.312. The number of hydrogen-bond acceptors (Lipinski definition) is 6. The predicted molar refractivity (Wildman–Crippen MR) is 84.9 cm³/mol. The second-order valence-electron chi connectivity index (χ2n) is 4.97. The van der Waals surface area contributed by atoms with E-state index >= 15 is 0 Å². The van der Waals surface area contributed by atoms with Crippen LogP contribution in [0.5, 0.6) is 0 Å². The molecule has 118 valence electrons. The molecule has 0 fully saturated rings. The third kappa shape index (κ3) is 3.47. The molecular formula is C16H20N2O4. The van der Waals surface area contributed by atoms with E-state index in [0.717, 1.165) is 16.8 Å². The fourth-order valence-electron chi connectivity index (χ4n) is 2.32. The Morgan fingerprint density at radius 3 is 2.45 bits per heavy atom. The minimum Gasteiger partial charge on any atom is -0.461 e. The van der Waals surface area contributed by atoms with Crippen LogP contribution in [0.4, 0.5) is 11.4 Å². The Hall–Kier alpha value is -2.31. The molecule has 1 aromatic heterocycles. The molecule has 0 spiro atoms. The molecule has 0 aliphatic carbocycles. The van der Waals surface area contributed by atoms with Crippen LogP contribution < -0.4 is 10.6 Å². The van der Waals surface area contributed by atoms with Gasteiger partial charge in [0.2, 0.25) is 0 Å². The monoisotopic (exact) mass is 304 g/mol. The summed E-state index contributed by atoms with van der Waals surface area (Å²) >= 11 is 0. The van der Waals surface area contributed by atoms with Crippen molar-refractivity contribution < 1.29 is 19.4 Å². The van der Waals surface area contributed by atoms with Gasteiger partial charge >= 0.3 is 0 Å². The summed E-state index contributed by atoms with van der Waals surface area (Å²) in [5.74, 6) is 0.124. The van der Waals surface area contributed by atoms with Crippen molar-refractivity contribution in [3.05, 3.63) is 36.3 Å². The number of nitrogens with two attached hydrogens (primary N) is 1. The van der Waals surface area contributed by atoms with Crippen LogP contribution in [0.3, 0.4) is 0 Å². The standard InChI is InChI=1S/C16H20N2O4/c1-11(21)16-8-12(10-22-16)14-9-13(17)2-3-15(14)18(4-6-19)5-7-20/h2-3,8-10,19-20H,4-7,17H2,1H3. The second kappa shape index (κ2) is 7.11. The molecule has 4 N–H and O–H groups in total. The van der Waals surface area contributed by atoms with Gasteiger partial charge in [-0.3, -0.25) is 4.79 Å². The maximum atomic E-state index is 11.4. The average molecular weight is 304 g/mol. The van der Waals surface area contributed by atoms with Gasteiger partial charge < -0.3 is 25.3 Å². The van der Waals surface area contributed by atoms with Crippen molar-refractivity contribution >= 4 is 17.2 Å². The van der Waals surface area contributed by atoms with Crippen molar-refractivity contribution in [1.82, 2.24) is 0 Å². The van der Waals surface area contributed by atoms with Gasteiger partial charge in [-0.15, -0.1) is 0 Å². The summed E-state index contributed by atoms with van der Waals surface area (Å²) in [6.45, 7) is 2.14. The normalized spacial score (nSPS) is 10.7. The van der Waals surface area contributed by atoms with Crippen LogP contribution in [0, 0.1) is 0 Å². The lowest BCUT2D eigenvalue weighted by Crippen LogP contribution is -2.30. The van der Waals surface area contributed by atoms with E-state index in [1.165, 1.54) is 13.2 Å². The van der Waals surface area contributed by atoms with E-state index < -0.39 is 0 Å². The lowest BCUT2D eigenvalue weighted by atomic mass is 10.0. The number of carbonyl (C=O) groups excluding carboxylic acids is 1. The highest BCUT2D eigenvalue weighted by Gasteiger charge is 2.15. The highest BCUT2D eigenvalue weighted by atomic mass is 16.3. The molecule has 2 rings (SSSR count). The smallest absolute Gasteiger partial charge is 0.194 e. The first-order chi connectivity index (χ1) is 10.6. The molecule has 0 bridgehead atoms. The van der Waals surface area contributed by atoms with Gasteiger partial charge in [-0.05, 0) is 24.3 Å². The third-order valence-electron chi connectivity index (χ3n) is 3.36. The van der Waals surface area contributed by atoms with Crippen molar-refractivity contribution in [2.45, 2.75) is 6.92 Å². The van der Waals surface area contributed by atoms with E-state index in [-0.39, 0.29) is 24.8 Å². The summed E-state index contributed by atoms with van der Waals surface area (Å²) in [6.07, 6.45) is 1.51. The van der Waals surface area contributed by atoms with E-state index in [9.17, 15) is 15.0 Å². The summed E-state index contributed by atoms with van der Waals surface area (Å²) in [5.41, 5.74) is 8.78. The number of furan rings is 1. The first kappa shape index (κ1) is 16.1. The molecule has 6 heteroatoms. The maximum Gasteiger partial charge on any atom is 0.194 e. The number of carbonyl (C=O) groups is 1. The Kier molecular flexibility index (Phi) is 5.19. The molecule has 2 aromatic rings. The summed E-state index contributed by atoms with van der Waals surface area (Å²) in [7, 11) is 0. The summed E-state index contributed by atoms with van der Waals surface area (Å²) in [4.78, 5) is 13.2. The number of anilines is 2. The Labute approximate surface area is 128 Å². The molecule has 0 atom stereocenters. The van der Waals surface area contributed by atoms with Crippen LogP contribution in [0.15, 0.2) is 34.9 Å².